The summed E-state index contributed by atoms with van der Waals surface area (Å²) in [7, 11) is 0. The van der Waals surface area contributed by atoms with Crippen molar-refractivity contribution in [3.8, 4) is 0 Å². The Kier molecular flexibility index (Phi) is 4.24. The van der Waals surface area contributed by atoms with E-state index in [1.165, 1.54) is 0 Å². The lowest BCUT2D eigenvalue weighted by molar-refractivity contribution is 0.0630. The molecule has 1 amide bonds. The highest BCUT2D eigenvalue weighted by molar-refractivity contribution is 5.94. The Morgan fingerprint density at radius 3 is 2.82 bits per heavy atom. The molecule has 0 saturated heterocycles. The summed E-state index contributed by atoms with van der Waals surface area (Å²) < 4.78 is 7.66. The molecule has 0 saturated carbocycles. The molecule has 0 fully saturated rings. The predicted octanol–water partition coefficient (Wildman–Crippen LogP) is 2.64. The SMILES string of the molecule is CCOCc1cnc2n1CCN(C(=O)c1ccccc1)[C@H]2C. The molecule has 0 aliphatic carbocycles. The van der Waals surface area contributed by atoms with Gasteiger partial charge in [0, 0.05) is 25.3 Å². The zero-order valence-corrected chi connectivity index (χ0v) is 13.0. The van der Waals surface area contributed by atoms with Gasteiger partial charge in [-0.2, -0.15) is 0 Å². The summed E-state index contributed by atoms with van der Waals surface area (Å²) in [6, 6.07) is 9.39. The maximum Gasteiger partial charge on any atom is 0.254 e. The normalized spacial score (nSPS) is 17.4. The van der Waals surface area contributed by atoms with E-state index in [1.807, 2.05) is 55.3 Å². The number of ether oxygens (including phenoxy) is 1. The van der Waals surface area contributed by atoms with E-state index >= 15 is 0 Å². The molecule has 1 aromatic heterocycles. The van der Waals surface area contributed by atoms with Crippen molar-refractivity contribution in [3.63, 3.8) is 0 Å². The maximum absolute atomic E-state index is 12.7. The van der Waals surface area contributed by atoms with E-state index in [0.717, 1.165) is 23.6 Å². The van der Waals surface area contributed by atoms with Gasteiger partial charge in [-0.25, -0.2) is 4.98 Å². The number of amides is 1. The Hall–Kier alpha value is -2.14. The Morgan fingerprint density at radius 1 is 1.32 bits per heavy atom. The van der Waals surface area contributed by atoms with E-state index in [1.54, 1.807) is 0 Å². The number of nitrogens with zero attached hydrogens (tertiary/aromatic N) is 3. The molecule has 0 bridgehead atoms. The highest BCUT2D eigenvalue weighted by Gasteiger charge is 2.30. The van der Waals surface area contributed by atoms with Crippen molar-refractivity contribution in [2.24, 2.45) is 0 Å². The smallest absolute Gasteiger partial charge is 0.254 e. The summed E-state index contributed by atoms with van der Waals surface area (Å²) in [5, 5.41) is 0. The zero-order chi connectivity index (χ0) is 15.5. The molecule has 1 aliphatic heterocycles. The zero-order valence-electron chi connectivity index (χ0n) is 13.0. The molecule has 2 heterocycles. The summed E-state index contributed by atoms with van der Waals surface area (Å²) in [6.45, 7) is 6.73. The first kappa shape index (κ1) is 14.8. The number of hydrogen-bond donors (Lipinski definition) is 0. The van der Waals surface area contributed by atoms with Crippen LogP contribution in [-0.4, -0.2) is 33.5 Å². The van der Waals surface area contributed by atoms with Crippen LogP contribution in [0.15, 0.2) is 36.5 Å². The second-order valence-corrected chi connectivity index (χ2v) is 5.44. The van der Waals surface area contributed by atoms with Crippen molar-refractivity contribution < 1.29 is 9.53 Å². The lowest BCUT2D eigenvalue weighted by Gasteiger charge is -2.34. The number of rotatable bonds is 4. The lowest BCUT2D eigenvalue weighted by Crippen LogP contribution is -2.41. The summed E-state index contributed by atoms with van der Waals surface area (Å²) in [5.41, 5.74) is 1.81. The van der Waals surface area contributed by atoms with Gasteiger partial charge < -0.3 is 14.2 Å². The Labute approximate surface area is 130 Å². The summed E-state index contributed by atoms with van der Waals surface area (Å²) >= 11 is 0. The van der Waals surface area contributed by atoms with Crippen LogP contribution in [0.5, 0.6) is 0 Å². The summed E-state index contributed by atoms with van der Waals surface area (Å²) in [6.07, 6.45) is 1.86. The number of aromatic nitrogens is 2. The van der Waals surface area contributed by atoms with Gasteiger partial charge in [-0.15, -0.1) is 0 Å². The molecule has 0 spiro atoms. The molecule has 3 rings (SSSR count). The first-order chi connectivity index (χ1) is 10.7. The number of imidazole rings is 1. The highest BCUT2D eigenvalue weighted by atomic mass is 16.5. The number of hydrogen-bond acceptors (Lipinski definition) is 3. The van der Waals surface area contributed by atoms with Crippen molar-refractivity contribution in [1.82, 2.24) is 14.5 Å². The van der Waals surface area contributed by atoms with Crippen LogP contribution in [0.4, 0.5) is 0 Å². The molecule has 1 atom stereocenters. The Bertz CT molecular complexity index is 651. The van der Waals surface area contributed by atoms with Gasteiger partial charge in [0.2, 0.25) is 0 Å². The quantitative estimate of drug-likeness (QED) is 0.872. The topological polar surface area (TPSA) is 47.4 Å². The number of carbonyl (C=O) groups is 1. The first-order valence-corrected chi connectivity index (χ1v) is 7.70. The van der Waals surface area contributed by atoms with Crippen molar-refractivity contribution >= 4 is 5.91 Å². The molecule has 0 radical (unpaired) electrons. The fraction of sp³-hybridized carbons (Fsp3) is 0.412. The highest BCUT2D eigenvalue weighted by Crippen LogP contribution is 2.27. The predicted molar refractivity (Wildman–Crippen MR) is 83.5 cm³/mol. The molecule has 1 aromatic carbocycles. The molecule has 0 N–H and O–H groups in total. The van der Waals surface area contributed by atoms with E-state index in [-0.39, 0.29) is 11.9 Å². The molecular formula is C17H21N3O2. The molecule has 5 nitrogen and oxygen atoms in total. The van der Waals surface area contributed by atoms with E-state index < -0.39 is 0 Å². The van der Waals surface area contributed by atoms with Crippen LogP contribution in [0.2, 0.25) is 0 Å². The molecular weight excluding hydrogens is 278 g/mol. The van der Waals surface area contributed by atoms with Gasteiger partial charge in [-0.3, -0.25) is 4.79 Å². The minimum absolute atomic E-state index is 0.0307. The van der Waals surface area contributed by atoms with Crippen LogP contribution in [0.25, 0.3) is 0 Å². The van der Waals surface area contributed by atoms with Gasteiger partial charge in [0.1, 0.15) is 5.82 Å². The van der Waals surface area contributed by atoms with Gasteiger partial charge >= 0.3 is 0 Å². The third-order valence-electron chi connectivity index (χ3n) is 4.11. The summed E-state index contributed by atoms with van der Waals surface area (Å²) in [5.74, 6) is 0.999. The maximum atomic E-state index is 12.7. The van der Waals surface area contributed by atoms with Crippen LogP contribution in [0.3, 0.4) is 0 Å². The Morgan fingerprint density at radius 2 is 2.09 bits per heavy atom. The fourth-order valence-electron chi connectivity index (χ4n) is 2.91. The van der Waals surface area contributed by atoms with Gasteiger partial charge in [-0.05, 0) is 26.0 Å². The number of fused-ring (bicyclic) bond motifs is 1. The van der Waals surface area contributed by atoms with Crippen LogP contribution >= 0.6 is 0 Å². The number of benzene rings is 1. The van der Waals surface area contributed by atoms with Gasteiger partial charge in [0.15, 0.2) is 0 Å². The Balaban J connectivity index is 1.81. The van der Waals surface area contributed by atoms with Crippen LogP contribution in [0, 0.1) is 0 Å². The third kappa shape index (κ3) is 2.64. The molecule has 5 heteroatoms. The van der Waals surface area contributed by atoms with Crippen molar-refractivity contribution in [2.75, 3.05) is 13.2 Å². The molecule has 116 valence electrons. The first-order valence-electron chi connectivity index (χ1n) is 7.70. The molecule has 0 unspecified atom stereocenters. The minimum Gasteiger partial charge on any atom is -0.375 e. The van der Waals surface area contributed by atoms with Crippen LogP contribution in [-0.2, 0) is 17.9 Å². The number of carbonyl (C=O) groups excluding carboxylic acids is 1. The summed E-state index contributed by atoms with van der Waals surface area (Å²) in [4.78, 5) is 19.1. The molecule has 2 aromatic rings. The van der Waals surface area contributed by atoms with Crippen molar-refractivity contribution in [3.05, 3.63) is 53.6 Å². The largest absolute Gasteiger partial charge is 0.375 e. The second-order valence-electron chi connectivity index (χ2n) is 5.44. The average molecular weight is 299 g/mol. The van der Waals surface area contributed by atoms with Crippen molar-refractivity contribution in [2.45, 2.75) is 33.0 Å². The fourth-order valence-corrected chi connectivity index (χ4v) is 2.91. The van der Waals surface area contributed by atoms with E-state index in [2.05, 4.69) is 9.55 Å². The second kappa shape index (κ2) is 6.32. The van der Waals surface area contributed by atoms with Crippen LogP contribution in [0.1, 0.15) is 41.8 Å². The van der Waals surface area contributed by atoms with Crippen LogP contribution < -0.4 is 0 Å². The van der Waals surface area contributed by atoms with Gasteiger partial charge in [-0.1, -0.05) is 18.2 Å². The molecule has 22 heavy (non-hydrogen) atoms. The lowest BCUT2D eigenvalue weighted by atomic mass is 10.1. The average Bonchev–Trinajstić information content (AvgIpc) is 2.97. The van der Waals surface area contributed by atoms with E-state index in [4.69, 9.17) is 4.74 Å². The standard InChI is InChI=1S/C17H21N3O2/c1-3-22-12-15-11-18-16-13(2)19(9-10-20(15)16)17(21)14-7-5-4-6-8-14/h4-8,11,13H,3,9-10,12H2,1-2H3/t13-/m0/s1. The van der Waals surface area contributed by atoms with E-state index in [9.17, 15) is 4.79 Å². The van der Waals surface area contributed by atoms with Crippen molar-refractivity contribution in [1.29, 1.82) is 0 Å². The van der Waals surface area contributed by atoms with E-state index in [0.29, 0.717) is 19.8 Å². The van der Waals surface area contributed by atoms with Gasteiger partial charge in [0.05, 0.1) is 24.5 Å². The minimum atomic E-state index is -0.0307. The third-order valence-corrected chi connectivity index (χ3v) is 4.11. The monoisotopic (exact) mass is 299 g/mol. The molecule has 1 aliphatic rings. The van der Waals surface area contributed by atoms with Gasteiger partial charge in [0.25, 0.3) is 5.91 Å².